The summed E-state index contributed by atoms with van der Waals surface area (Å²) < 4.78 is 55.9. The van der Waals surface area contributed by atoms with Crippen molar-refractivity contribution in [2.45, 2.75) is 64.6 Å². The van der Waals surface area contributed by atoms with Crippen LogP contribution in [0.2, 0.25) is 0 Å². The lowest BCUT2D eigenvalue weighted by Crippen LogP contribution is -2.41. The molecule has 0 radical (unpaired) electrons. The lowest BCUT2D eigenvalue weighted by Gasteiger charge is -2.32. The van der Waals surface area contributed by atoms with E-state index in [1.807, 2.05) is 158 Å². The number of hydrogen-bond donors (Lipinski definition) is 0. The third-order valence-electron chi connectivity index (χ3n) is 25.0. The van der Waals surface area contributed by atoms with Gasteiger partial charge in [-0.15, -0.1) is 0 Å². The van der Waals surface area contributed by atoms with E-state index in [1.54, 1.807) is 0 Å². The largest absolute Gasteiger partial charge is 0.494 e. The molecule has 18 aromatic rings. The third-order valence-corrected chi connectivity index (χ3v) is 31.6. The molecule has 116 heavy (non-hydrogen) atoms. The van der Waals surface area contributed by atoms with Crippen molar-refractivity contribution in [3.05, 3.63) is 425 Å². The smallest absolute Gasteiger partial charge is 0.456 e. The predicted octanol–water partition coefficient (Wildman–Crippen LogP) is 24.8. The maximum Gasteiger partial charge on any atom is 0.494 e. The van der Waals surface area contributed by atoms with Gasteiger partial charge < -0.3 is 27.3 Å². The Labute approximate surface area is 686 Å². The number of hydrogen-bond acceptors (Lipinski definition) is 6. The number of rotatable bonds is 8. The highest BCUT2D eigenvalue weighted by Gasteiger charge is 2.55. The maximum absolute atomic E-state index is 14.9. The van der Waals surface area contributed by atoms with Crippen molar-refractivity contribution in [2.75, 3.05) is 0 Å². The van der Waals surface area contributed by atoms with Crippen LogP contribution in [0.5, 0.6) is 0 Å². The summed E-state index contributed by atoms with van der Waals surface area (Å²) in [5.41, 5.74) is 25.9. The van der Waals surface area contributed by atoms with Gasteiger partial charge in [-0.05, 0) is 200 Å². The molecule has 0 N–H and O–H groups in total. The quantitative estimate of drug-likeness (QED) is 0.111. The Balaban J connectivity index is 0.000000125. The van der Waals surface area contributed by atoms with E-state index >= 15 is 0 Å². The molecule has 0 atom stereocenters. The Morgan fingerprint density at radius 2 is 0.534 bits per heavy atom. The normalized spacial score (nSPS) is 14.7. The van der Waals surface area contributed by atoms with Crippen LogP contribution in [0.1, 0.15) is 87.1 Å². The Hall–Kier alpha value is -12.0. The second-order valence-corrected chi connectivity index (χ2v) is 37.9. The first-order valence-electron chi connectivity index (χ1n) is 38.9. The molecule has 1 aliphatic heterocycles. The maximum atomic E-state index is 14.9. The summed E-state index contributed by atoms with van der Waals surface area (Å²) in [7, 11) is -6.29. The monoisotopic (exact) mass is 1600 g/mol. The highest BCUT2D eigenvalue weighted by atomic mass is 79.9. The van der Waals surface area contributed by atoms with Crippen LogP contribution in [0.4, 0.5) is 0 Å². The van der Waals surface area contributed by atoms with Crippen molar-refractivity contribution in [1.29, 1.82) is 0 Å². The van der Waals surface area contributed by atoms with E-state index in [0.717, 1.165) is 96.8 Å². The standard InChI is InChI=1S/C49H31O2P.C37H29BO3.C18H14BrOP.2CH4/c50-52(34-13-3-1-4-14-34,35-15-5-2-6-16-35)36-26-23-32(24-27-36)33-25-28-40-42-30-41-39-19-9-12-22-45(39)49(46(41)31-48(42)51-47(40)29-33)43-20-10-7-17-37(43)38-18-8-11-21-44(38)49;1-35(2)36(3,4)41-38(40-35)22-17-18-26-28-20-27-25-13-7-10-16-31(25)37(32(27)21-34(28)39-33(26)19-22)29-14-8-5-11-23(29)24-12-6-9-15-30(24)37;19-15-11-13-18(14-12-15)21(20,16-7-3-1-4-8-16)17-9-5-2-6-10-17;;/h1-31H;5-21H,1-4H3;1-14H;2*1H4. The third kappa shape index (κ3) is 11.1. The molecular weight excluding hydrogens is 1520 g/mol. The molecule has 0 amide bonds. The molecule has 0 saturated carbocycles. The molecule has 1 saturated heterocycles. The Bertz CT molecular complexity index is 6820. The van der Waals surface area contributed by atoms with E-state index in [9.17, 15) is 9.13 Å². The lowest BCUT2D eigenvalue weighted by molar-refractivity contribution is 0.00578. The zero-order valence-electron chi connectivity index (χ0n) is 63.1. The number of fused-ring (bicyclic) bond motifs is 26. The average molecular weight is 1600 g/mol. The minimum atomic E-state index is -3.05. The fourth-order valence-electron chi connectivity index (χ4n) is 19.0. The fraction of sp³-hybridized carbons (Fsp3) is 0.0943. The molecule has 10 heteroatoms. The Kier molecular flexibility index (Phi) is 18.0. The molecular formula is C106H82BBrO6P2. The molecule has 16 aromatic carbocycles. The van der Waals surface area contributed by atoms with E-state index in [4.69, 9.17) is 18.1 Å². The van der Waals surface area contributed by atoms with Crippen LogP contribution in [-0.2, 0) is 29.3 Å². The van der Waals surface area contributed by atoms with E-state index in [1.165, 1.54) is 89.0 Å². The predicted molar refractivity (Wildman–Crippen MR) is 488 cm³/mol. The van der Waals surface area contributed by atoms with Gasteiger partial charge in [-0.1, -0.05) is 340 Å². The van der Waals surface area contributed by atoms with Crippen LogP contribution in [0, 0.1) is 0 Å². The van der Waals surface area contributed by atoms with Crippen molar-refractivity contribution in [2.24, 2.45) is 0 Å². The summed E-state index contributed by atoms with van der Waals surface area (Å²) in [6.07, 6.45) is 0. The second-order valence-electron chi connectivity index (χ2n) is 31.4. The van der Waals surface area contributed by atoms with Crippen molar-refractivity contribution >= 4 is 118 Å². The van der Waals surface area contributed by atoms with Gasteiger partial charge in [-0.25, -0.2) is 0 Å². The summed E-state index contributed by atoms with van der Waals surface area (Å²) in [6, 6.07) is 131. The van der Waals surface area contributed by atoms with Crippen LogP contribution >= 0.6 is 30.2 Å². The van der Waals surface area contributed by atoms with E-state index in [-0.39, 0.29) is 20.3 Å². The van der Waals surface area contributed by atoms with Gasteiger partial charge in [0.2, 0.25) is 0 Å². The minimum Gasteiger partial charge on any atom is -0.456 e. The van der Waals surface area contributed by atoms with Crippen LogP contribution in [-0.4, -0.2) is 18.3 Å². The van der Waals surface area contributed by atoms with Crippen LogP contribution in [0.25, 0.3) is 99.5 Å². The van der Waals surface area contributed by atoms with Gasteiger partial charge in [0.1, 0.15) is 22.3 Å². The van der Waals surface area contributed by atoms with E-state index in [2.05, 4.69) is 262 Å². The van der Waals surface area contributed by atoms with Crippen molar-refractivity contribution in [3.63, 3.8) is 0 Å². The summed E-state index contributed by atoms with van der Waals surface area (Å²) in [5.74, 6) is 0. The highest BCUT2D eigenvalue weighted by molar-refractivity contribution is 9.10. The SMILES string of the molecule is C.C.CC1(C)OB(c2ccc3c(c2)oc2cc4c(cc23)-c2ccccc2C42c3ccccc3-c3ccccc32)OC1(C)C.O=P(c1ccccc1)(c1ccccc1)c1ccc(-c2ccc3c(c2)oc2cc4c(cc23)-c2ccccc2C42c3ccccc3-c3ccccc32)cc1.O=P(c1ccccc1)(c1ccccc1)c1ccc(Br)cc1. The van der Waals surface area contributed by atoms with Crippen LogP contribution in [0.3, 0.4) is 0 Å². The first kappa shape index (κ1) is 74.2. The second kappa shape index (κ2) is 28.2. The average Bonchev–Trinajstić information content (AvgIpc) is 1.51. The van der Waals surface area contributed by atoms with E-state index in [0.29, 0.717) is 0 Å². The molecule has 5 aliphatic rings. The number of halogens is 1. The molecule has 2 aromatic heterocycles. The first-order chi connectivity index (χ1) is 55.7. The van der Waals surface area contributed by atoms with Crippen molar-refractivity contribution in [3.8, 4) is 55.6 Å². The van der Waals surface area contributed by atoms with Gasteiger partial charge in [0.05, 0.1) is 22.0 Å². The molecule has 0 unspecified atom stereocenters. The van der Waals surface area contributed by atoms with Gasteiger partial charge in [-0.2, -0.15) is 0 Å². The van der Waals surface area contributed by atoms with Crippen LogP contribution in [0.15, 0.2) is 389 Å². The van der Waals surface area contributed by atoms with Crippen molar-refractivity contribution < 1.29 is 27.3 Å². The molecule has 2 spiro atoms. The zero-order chi connectivity index (χ0) is 76.9. The summed E-state index contributed by atoms with van der Waals surface area (Å²) in [4.78, 5) is 0. The summed E-state index contributed by atoms with van der Waals surface area (Å²) in [6.45, 7) is 8.34. The molecule has 23 rings (SSSR count). The summed E-state index contributed by atoms with van der Waals surface area (Å²) >= 11 is 3.43. The van der Waals surface area contributed by atoms with Gasteiger partial charge in [-0.3, -0.25) is 0 Å². The molecule has 1 fully saturated rings. The molecule has 562 valence electrons. The number of benzene rings is 16. The van der Waals surface area contributed by atoms with Crippen molar-refractivity contribution in [1.82, 2.24) is 0 Å². The van der Waals surface area contributed by atoms with Gasteiger partial charge in [0, 0.05) is 57.8 Å². The van der Waals surface area contributed by atoms with Gasteiger partial charge >= 0.3 is 7.12 Å². The molecule has 4 aliphatic carbocycles. The Morgan fingerprint density at radius 1 is 0.259 bits per heavy atom. The minimum absolute atomic E-state index is 0. The first-order valence-corrected chi connectivity index (χ1v) is 43.1. The lowest BCUT2D eigenvalue weighted by atomic mass is 9.70. The topological polar surface area (TPSA) is 78.9 Å². The van der Waals surface area contributed by atoms with Crippen LogP contribution < -0.4 is 37.3 Å². The number of furan rings is 2. The zero-order valence-corrected chi connectivity index (χ0v) is 66.5. The molecule has 6 nitrogen and oxygen atoms in total. The van der Waals surface area contributed by atoms with Gasteiger partial charge in [0.15, 0.2) is 14.3 Å². The van der Waals surface area contributed by atoms with E-state index < -0.39 is 38.0 Å². The van der Waals surface area contributed by atoms with Gasteiger partial charge in [0.25, 0.3) is 0 Å². The summed E-state index contributed by atoms with van der Waals surface area (Å²) in [5, 5.41) is 9.50. The highest BCUT2D eigenvalue weighted by Crippen LogP contribution is 2.66. The Morgan fingerprint density at radius 3 is 0.888 bits per heavy atom. The molecule has 3 heterocycles. The fourth-order valence-corrected chi connectivity index (χ4v) is 24.6. The molecule has 0 bridgehead atoms.